The lowest BCUT2D eigenvalue weighted by atomic mass is 9.76. The minimum Gasteiger partial charge on any atom is -0.462 e. The molecular formula is C20H17N3O6. The fourth-order valence-electron chi connectivity index (χ4n) is 4.22. The largest absolute Gasteiger partial charge is 0.462 e. The molecule has 0 fully saturated rings. The van der Waals surface area contributed by atoms with Crippen LogP contribution in [0.4, 0.5) is 17.1 Å². The number of benzene rings is 2. The van der Waals surface area contributed by atoms with E-state index in [-0.39, 0.29) is 22.7 Å². The van der Waals surface area contributed by atoms with Gasteiger partial charge in [-0.05, 0) is 37.6 Å². The van der Waals surface area contributed by atoms with Crippen LogP contribution in [0.25, 0.3) is 6.08 Å². The highest BCUT2D eigenvalue weighted by molar-refractivity contribution is 5.86. The molecule has 0 amide bonds. The third-order valence-electron chi connectivity index (χ3n) is 5.83. The van der Waals surface area contributed by atoms with Crippen molar-refractivity contribution < 1.29 is 19.4 Å². The summed E-state index contributed by atoms with van der Waals surface area (Å²) in [6, 6.07) is 7.17. The van der Waals surface area contributed by atoms with Crippen molar-refractivity contribution >= 4 is 29.4 Å². The van der Waals surface area contributed by atoms with Gasteiger partial charge in [0.2, 0.25) is 5.72 Å². The molecule has 0 aromatic heterocycles. The van der Waals surface area contributed by atoms with Gasteiger partial charge in [-0.1, -0.05) is 0 Å². The summed E-state index contributed by atoms with van der Waals surface area (Å²) in [5.41, 5.74) is -0.00748. The molecular weight excluding hydrogens is 378 g/mol. The Labute approximate surface area is 165 Å². The zero-order valence-electron chi connectivity index (χ0n) is 15.9. The normalized spacial score (nSPS) is 20.7. The minimum absolute atomic E-state index is 0.0216. The fraction of sp³-hybridized carbons (Fsp3) is 0.250. The average Bonchev–Trinajstić information content (AvgIpc) is 2.85. The lowest BCUT2D eigenvalue weighted by molar-refractivity contribution is -0.385. The maximum Gasteiger partial charge on any atom is 0.271 e. The van der Waals surface area contributed by atoms with E-state index in [4.69, 9.17) is 4.74 Å². The summed E-state index contributed by atoms with van der Waals surface area (Å²) in [6.07, 6.45) is 4.00. The molecule has 1 spiro atoms. The van der Waals surface area contributed by atoms with Crippen LogP contribution in [-0.4, -0.2) is 28.9 Å². The number of nitro benzene ring substituents is 2. The summed E-state index contributed by atoms with van der Waals surface area (Å²) in [4.78, 5) is 34.9. The zero-order chi connectivity index (χ0) is 21.1. The molecule has 2 aromatic rings. The van der Waals surface area contributed by atoms with Crippen LogP contribution in [0, 0.1) is 20.2 Å². The first kappa shape index (κ1) is 18.6. The van der Waals surface area contributed by atoms with Gasteiger partial charge in [0.1, 0.15) is 5.75 Å². The summed E-state index contributed by atoms with van der Waals surface area (Å²) in [6.45, 7) is 3.81. The number of nitro groups is 2. The third-order valence-corrected chi connectivity index (χ3v) is 5.83. The summed E-state index contributed by atoms with van der Waals surface area (Å²) >= 11 is 0. The molecule has 29 heavy (non-hydrogen) atoms. The van der Waals surface area contributed by atoms with Crippen LogP contribution in [0.15, 0.2) is 36.4 Å². The van der Waals surface area contributed by atoms with Crippen molar-refractivity contribution in [3.8, 4) is 5.75 Å². The molecule has 0 saturated carbocycles. The van der Waals surface area contributed by atoms with Gasteiger partial charge in [0.05, 0.1) is 20.8 Å². The second-order valence-corrected chi connectivity index (χ2v) is 7.60. The summed E-state index contributed by atoms with van der Waals surface area (Å²) in [5, 5.41) is 22.4. The molecule has 0 radical (unpaired) electrons. The van der Waals surface area contributed by atoms with Crippen LogP contribution in [0.3, 0.4) is 0 Å². The molecule has 148 valence electrons. The van der Waals surface area contributed by atoms with E-state index in [1.54, 1.807) is 25.3 Å². The highest BCUT2D eigenvalue weighted by atomic mass is 16.6. The quantitative estimate of drug-likeness (QED) is 0.440. The molecule has 4 rings (SSSR count). The van der Waals surface area contributed by atoms with Gasteiger partial charge in [0.15, 0.2) is 6.29 Å². The van der Waals surface area contributed by atoms with Gasteiger partial charge in [-0.3, -0.25) is 25.0 Å². The Morgan fingerprint density at radius 3 is 2.38 bits per heavy atom. The Morgan fingerprint density at radius 2 is 1.76 bits per heavy atom. The van der Waals surface area contributed by atoms with Gasteiger partial charge in [-0.15, -0.1) is 0 Å². The summed E-state index contributed by atoms with van der Waals surface area (Å²) < 4.78 is 6.36. The number of likely N-dealkylation sites (N-methyl/N-ethyl adjacent to an activating group) is 1. The van der Waals surface area contributed by atoms with E-state index >= 15 is 0 Å². The monoisotopic (exact) mass is 395 g/mol. The van der Waals surface area contributed by atoms with Crippen molar-refractivity contribution in [1.82, 2.24) is 0 Å². The number of carbonyl (C=O) groups excluding carboxylic acids is 1. The van der Waals surface area contributed by atoms with Crippen LogP contribution in [0.5, 0.6) is 5.75 Å². The standard InChI is InChI=1S/C20H17N3O6/c1-19(2)16-10-14(22(25)26)4-5-17(16)21(3)20(19)7-6-12-8-15(23(27)28)9-13(11-24)18(12)29-20/h4-11H,1-3H3. The Balaban J connectivity index is 1.89. The fourth-order valence-corrected chi connectivity index (χ4v) is 4.22. The first-order chi connectivity index (χ1) is 13.6. The SMILES string of the molecule is CN1c2ccc([N+](=O)[O-])cc2C(C)(C)C12C=Cc1cc([N+](=O)[O-])cc(C=O)c1O2. The van der Waals surface area contributed by atoms with Gasteiger partial charge >= 0.3 is 0 Å². The molecule has 9 nitrogen and oxygen atoms in total. The number of nitrogens with zero attached hydrogens (tertiary/aromatic N) is 3. The third kappa shape index (κ3) is 2.36. The van der Waals surface area contributed by atoms with Crippen LogP contribution in [0.2, 0.25) is 0 Å². The Bertz CT molecular complexity index is 1120. The number of fused-ring (bicyclic) bond motifs is 2. The van der Waals surface area contributed by atoms with Crippen LogP contribution >= 0.6 is 0 Å². The molecule has 1 unspecified atom stereocenters. The molecule has 0 bridgehead atoms. The smallest absolute Gasteiger partial charge is 0.271 e. The number of non-ortho nitro benzene ring substituents is 2. The number of hydrogen-bond acceptors (Lipinski definition) is 7. The first-order valence-corrected chi connectivity index (χ1v) is 8.81. The van der Waals surface area contributed by atoms with Crippen LogP contribution in [0.1, 0.15) is 35.3 Å². The van der Waals surface area contributed by atoms with E-state index in [1.165, 1.54) is 24.3 Å². The van der Waals surface area contributed by atoms with E-state index in [0.29, 0.717) is 11.8 Å². The number of aldehydes is 1. The first-order valence-electron chi connectivity index (χ1n) is 8.81. The number of carbonyl (C=O) groups is 1. The Morgan fingerprint density at radius 1 is 1.07 bits per heavy atom. The molecule has 9 heteroatoms. The summed E-state index contributed by atoms with van der Waals surface area (Å²) in [7, 11) is 1.81. The van der Waals surface area contributed by atoms with Gasteiger partial charge in [0, 0.05) is 42.6 Å². The predicted octanol–water partition coefficient (Wildman–Crippen LogP) is 3.85. The summed E-state index contributed by atoms with van der Waals surface area (Å²) in [5.74, 6) is 0.246. The van der Waals surface area contributed by atoms with E-state index < -0.39 is 21.0 Å². The highest BCUT2D eigenvalue weighted by Gasteiger charge is 2.58. The minimum atomic E-state index is -1.06. The number of hydrogen-bond donors (Lipinski definition) is 0. The van der Waals surface area contributed by atoms with Crippen LogP contribution < -0.4 is 9.64 Å². The van der Waals surface area contributed by atoms with Crippen molar-refractivity contribution in [1.29, 1.82) is 0 Å². The number of anilines is 1. The molecule has 1 atom stereocenters. The lowest BCUT2D eigenvalue weighted by Crippen LogP contribution is -2.58. The molecule has 2 aliphatic rings. The molecule has 0 saturated heterocycles. The molecule has 2 heterocycles. The van der Waals surface area contributed by atoms with Crippen molar-refractivity contribution in [2.75, 3.05) is 11.9 Å². The number of ether oxygens (including phenoxy) is 1. The van der Waals surface area contributed by atoms with E-state index in [1.807, 2.05) is 18.7 Å². The Hall–Kier alpha value is -3.75. The van der Waals surface area contributed by atoms with Crippen molar-refractivity contribution in [2.45, 2.75) is 25.0 Å². The van der Waals surface area contributed by atoms with Crippen LogP contribution in [-0.2, 0) is 5.41 Å². The highest BCUT2D eigenvalue weighted by Crippen LogP contribution is 2.55. The molecule has 2 aliphatic heterocycles. The van der Waals surface area contributed by atoms with E-state index in [0.717, 1.165) is 11.3 Å². The van der Waals surface area contributed by atoms with Gasteiger partial charge in [-0.2, -0.15) is 0 Å². The molecule has 0 N–H and O–H groups in total. The Kier molecular flexibility index (Phi) is 3.77. The lowest BCUT2D eigenvalue weighted by Gasteiger charge is -2.46. The average molecular weight is 395 g/mol. The maximum atomic E-state index is 11.6. The second kappa shape index (κ2) is 5.87. The van der Waals surface area contributed by atoms with E-state index in [9.17, 15) is 25.0 Å². The van der Waals surface area contributed by atoms with Crippen molar-refractivity contribution in [3.63, 3.8) is 0 Å². The zero-order valence-corrected chi connectivity index (χ0v) is 15.9. The van der Waals surface area contributed by atoms with Gasteiger partial charge < -0.3 is 9.64 Å². The maximum absolute atomic E-state index is 11.6. The second-order valence-electron chi connectivity index (χ2n) is 7.60. The van der Waals surface area contributed by atoms with Gasteiger partial charge in [-0.25, -0.2) is 0 Å². The van der Waals surface area contributed by atoms with Crippen molar-refractivity contribution in [2.24, 2.45) is 0 Å². The number of rotatable bonds is 3. The van der Waals surface area contributed by atoms with Crippen molar-refractivity contribution in [3.05, 3.63) is 73.3 Å². The topological polar surface area (TPSA) is 116 Å². The molecule has 2 aromatic carbocycles. The predicted molar refractivity (Wildman–Crippen MR) is 105 cm³/mol. The molecule has 0 aliphatic carbocycles. The van der Waals surface area contributed by atoms with E-state index in [2.05, 4.69) is 0 Å². The van der Waals surface area contributed by atoms with Gasteiger partial charge in [0.25, 0.3) is 11.4 Å².